The van der Waals surface area contributed by atoms with E-state index in [1.54, 1.807) is 12.1 Å². The van der Waals surface area contributed by atoms with Gasteiger partial charge in [0, 0.05) is 12.6 Å². The molecule has 6 nitrogen and oxygen atoms in total. The Morgan fingerprint density at radius 1 is 1.04 bits per heavy atom. The molecule has 1 N–H and O–H groups in total. The second-order valence-corrected chi connectivity index (χ2v) is 11.1. The molecular formula is C19H23NO5S2. The molecule has 0 amide bonds. The highest BCUT2D eigenvalue weighted by atomic mass is 32.2. The molecule has 0 bridgehead atoms. The lowest BCUT2D eigenvalue weighted by atomic mass is 10.1. The summed E-state index contributed by atoms with van der Waals surface area (Å²) in [5.74, 6) is -0.00621. The molecule has 1 fully saturated rings. The second-order valence-electron chi connectivity index (χ2n) is 6.81. The summed E-state index contributed by atoms with van der Waals surface area (Å²) < 4.78 is 55.5. The van der Waals surface area contributed by atoms with Crippen LogP contribution in [0.25, 0.3) is 0 Å². The zero-order valence-electron chi connectivity index (χ0n) is 15.3. The number of benzene rings is 2. The summed E-state index contributed by atoms with van der Waals surface area (Å²) in [5.41, 5.74) is 2.10. The van der Waals surface area contributed by atoms with Crippen LogP contribution in [-0.4, -0.2) is 46.7 Å². The van der Waals surface area contributed by atoms with Gasteiger partial charge in [-0.05, 0) is 36.8 Å². The molecular weight excluding hydrogens is 386 g/mol. The molecule has 0 spiro atoms. The maximum atomic E-state index is 13.0. The SMILES string of the molecule is COc1ccc(S(=O)(=O)C2CS(=O)(=O)CC2NCc2ccc(C)cc2)cc1. The smallest absolute Gasteiger partial charge is 0.183 e. The topological polar surface area (TPSA) is 89.5 Å². The number of ether oxygens (including phenoxy) is 1. The lowest BCUT2D eigenvalue weighted by Gasteiger charge is -2.20. The molecule has 3 rings (SSSR count). The third kappa shape index (κ3) is 4.51. The van der Waals surface area contributed by atoms with Crippen molar-refractivity contribution in [3.8, 4) is 5.75 Å². The van der Waals surface area contributed by atoms with Gasteiger partial charge in [0.1, 0.15) is 5.75 Å². The van der Waals surface area contributed by atoms with Crippen LogP contribution in [0.1, 0.15) is 11.1 Å². The molecule has 0 aliphatic carbocycles. The van der Waals surface area contributed by atoms with Crippen molar-refractivity contribution in [1.82, 2.24) is 5.32 Å². The minimum absolute atomic E-state index is 0.104. The number of aryl methyl sites for hydroxylation is 1. The van der Waals surface area contributed by atoms with Crippen molar-refractivity contribution >= 4 is 19.7 Å². The molecule has 1 aliphatic rings. The number of hydrogen-bond donors (Lipinski definition) is 1. The monoisotopic (exact) mass is 409 g/mol. The van der Waals surface area contributed by atoms with Crippen molar-refractivity contribution in [1.29, 1.82) is 0 Å². The Balaban J connectivity index is 1.82. The van der Waals surface area contributed by atoms with Crippen molar-refractivity contribution in [3.63, 3.8) is 0 Å². The maximum Gasteiger partial charge on any atom is 0.183 e. The molecule has 2 unspecified atom stereocenters. The van der Waals surface area contributed by atoms with Crippen molar-refractivity contribution in [3.05, 3.63) is 59.7 Å². The summed E-state index contributed by atoms with van der Waals surface area (Å²) in [5, 5.41) is 2.13. The fourth-order valence-corrected chi connectivity index (χ4v) is 7.92. The zero-order chi connectivity index (χ0) is 19.7. The van der Waals surface area contributed by atoms with Crippen LogP contribution in [-0.2, 0) is 26.2 Å². The van der Waals surface area contributed by atoms with Gasteiger partial charge in [0.2, 0.25) is 0 Å². The van der Waals surface area contributed by atoms with Gasteiger partial charge >= 0.3 is 0 Å². The summed E-state index contributed by atoms with van der Waals surface area (Å²) >= 11 is 0. The van der Waals surface area contributed by atoms with Crippen LogP contribution in [0, 0.1) is 6.92 Å². The van der Waals surface area contributed by atoms with Gasteiger partial charge in [-0.2, -0.15) is 0 Å². The van der Waals surface area contributed by atoms with E-state index in [9.17, 15) is 16.8 Å². The molecule has 1 heterocycles. The summed E-state index contributed by atoms with van der Waals surface area (Å²) in [4.78, 5) is 0.104. The Morgan fingerprint density at radius 3 is 2.26 bits per heavy atom. The van der Waals surface area contributed by atoms with Gasteiger partial charge in [0.25, 0.3) is 0 Å². The van der Waals surface area contributed by atoms with Gasteiger partial charge in [-0.3, -0.25) is 0 Å². The third-order valence-corrected chi connectivity index (χ3v) is 8.94. The fourth-order valence-electron chi connectivity index (χ4n) is 3.21. The van der Waals surface area contributed by atoms with Crippen LogP contribution in [0.5, 0.6) is 5.75 Å². The van der Waals surface area contributed by atoms with E-state index in [4.69, 9.17) is 4.74 Å². The lowest BCUT2D eigenvalue weighted by Crippen LogP contribution is -2.43. The lowest BCUT2D eigenvalue weighted by molar-refractivity contribution is 0.414. The van der Waals surface area contributed by atoms with Gasteiger partial charge in [0.05, 0.1) is 28.8 Å². The largest absolute Gasteiger partial charge is 0.497 e. The van der Waals surface area contributed by atoms with Crippen molar-refractivity contribution in [2.75, 3.05) is 18.6 Å². The third-order valence-electron chi connectivity index (χ3n) is 4.78. The average Bonchev–Trinajstić information content (AvgIpc) is 2.97. The van der Waals surface area contributed by atoms with Crippen LogP contribution >= 0.6 is 0 Å². The highest BCUT2D eigenvalue weighted by Gasteiger charge is 2.45. The van der Waals surface area contributed by atoms with Gasteiger partial charge in [-0.25, -0.2) is 16.8 Å². The molecule has 0 saturated carbocycles. The molecule has 2 atom stereocenters. The summed E-state index contributed by atoms with van der Waals surface area (Å²) in [6, 6.07) is 13.2. The normalized spacial score (nSPS) is 21.9. The number of sulfone groups is 2. The zero-order valence-corrected chi connectivity index (χ0v) is 16.9. The van der Waals surface area contributed by atoms with Crippen LogP contribution in [0.2, 0.25) is 0 Å². The summed E-state index contributed by atoms with van der Waals surface area (Å²) in [6.45, 7) is 2.40. The minimum atomic E-state index is -3.79. The molecule has 1 saturated heterocycles. The van der Waals surface area contributed by atoms with E-state index in [2.05, 4.69) is 5.32 Å². The quantitative estimate of drug-likeness (QED) is 0.782. The first-order valence-electron chi connectivity index (χ1n) is 8.58. The van der Waals surface area contributed by atoms with E-state index >= 15 is 0 Å². The van der Waals surface area contributed by atoms with Crippen LogP contribution in [0.4, 0.5) is 0 Å². The molecule has 146 valence electrons. The standard InChI is InChI=1S/C19H23NO5S2/c1-14-3-5-15(6-4-14)11-20-18-12-26(21,22)13-19(18)27(23,24)17-9-7-16(25-2)8-10-17/h3-10,18-20H,11-13H2,1-2H3. The highest BCUT2D eigenvalue weighted by Crippen LogP contribution is 2.27. The Bertz CT molecular complexity index is 997. The Kier molecular flexibility index (Phi) is 5.60. The van der Waals surface area contributed by atoms with Crippen molar-refractivity contribution in [2.24, 2.45) is 0 Å². The first-order valence-corrected chi connectivity index (χ1v) is 12.0. The first kappa shape index (κ1) is 19.9. The Morgan fingerprint density at radius 2 is 1.67 bits per heavy atom. The highest BCUT2D eigenvalue weighted by molar-refractivity contribution is 7.96. The molecule has 2 aromatic carbocycles. The van der Waals surface area contributed by atoms with Gasteiger partial charge in [-0.15, -0.1) is 0 Å². The number of rotatable bonds is 6. The minimum Gasteiger partial charge on any atom is -0.497 e. The van der Waals surface area contributed by atoms with E-state index in [0.29, 0.717) is 12.3 Å². The Hall–Kier alpha value is -1.90. The number of nitrogens with one attached hydrogen (secondary N) is 1. The average molecular weight is 410 g/mol. The number of hydrogen-bond acceptors (Lipinski definition) is 6. The van der Waals surface area contributed by atoms with Crippen molar-refractivity contribution < 1.29 is 21.6 Å². The molecule has 0 aromatic heterocycles. The second kappa shape index (κ2) is 7.61. The van der Waals surface area contributed by atoms with E-state index in [0.717, 1.165) is 11.1 Å². The van der Waals surface area contributed by atoms with Crippen LogP contribution < -0.4 is 10.1 Å². The fraction of sp³-hybridized carbons (Fsp3) is 0.368. The van der Waals surface area contributed by atoms with Gasteiger partial charge < -0.3 is 10.1 Å². The molecule has 0 radical (unpaired) electrons. The van der Waals surface area contributed by atoms with Crippen LogP contribution in [0.3, 0.4) is 0 Å². The molecule has 8 heteroatoms. The van der Waals surface area contributed by atoms with E-state index in [-0.39, 0.29) is 16.4 Å². The Labute approximate surface area is 160 Å². The van der Waals surface area contributed by atoms with E-state index in [1.165, 1.54) is 19.2 Å². The first-order chi connectivity index (χ1) is 12.7. The number of methoxy groups -OCH3 is 1. The summed E-state index contributed by atoms with van der Waals surface area (Å²) in [7, 11) is -5.72. The van der Waals surface area contributed by atoms with Gasteiger partial charge in [0.15, 0.2) is 19.7 Å². The van der Waals surface area contributed by atoms with Crippen molar-refractivity contribution in [2.45, 2.75) is 29.7 Å². The summed E-state index contributed by atoms with van der Waals surface area (Å²) in [6.07, 6.45) is 0. The maximum absolute atomic E-state index is 13.0. The predicted molar refractivity (Wildman–Crippen MR) is 104 cm³/mol. The molecule has 27 heavy (non-hydrogen) atoms. The predicted octanol–water partition coefficient (Wildman–Crippen LogP) is 1.73. The molecule has 2 aromatic rings. The van der Waals surface area contributed by atoms with Gasteiger partial charge in [-0.1, -0.05) is 29.8 Å². The van der Waals surface area contributed by atoms with E-state index < -0.39 is 31.0 Å². The molecule has 1 aliphatic heterocycles. The van der Waals surface area contributed by atoms with Crippen LogP contribution in [0.15, 0.2) is 53.4 Å². The van der Waals surface area contributed by atoms with E-state index in [1.807, 2.05) is 31.2 Å².